The number of benzene rings is 3. The lowest BCUT2D eigenvalue weighted by molar-refractivity contribution is -0.142. The molecule has 3 aromatic rings. The molecule has 4 amide bonds. The van der Waals surface area contributed by atoms with Crippen molar-refractivity contribution in [1.29, 1.82) is 0 Å². The van der Waals surface area contributed by atoms with Gasteiger partial charge in [-0.25, -0.2) is 4.39 Å². The van der Waals surface area contributed by atoms with Crippen LogP contribution in [0, 0.1) is 29.5 Å². The van der Waals surface area contributed by atoms with Gasteiger partial charge in [0.05, 0.1) is 43.1 Å². The molecule has 1 saturated carbocycles. The van der Waals surface area contributed by atoms with Crippen LogP contribution in [-0.4, -0.2) is 70.5 Å². The number of methoxy groups -OCH3 is 2. The summed E-state index contributed by atoms with van der Waals surface area (Å²) in [6.07, 6.45) is 1.80. The number of hydrazine groups is 1. The van der Waals surface area contributed by atoms with Crippen molar-refractivity contribution in [3.8, 4) is 17.2 Å². The number of hydrogen-bond donors (Lipinski definition) is 3. The number of fused-ring (bicyclic) bond motifs is 4. The molecule has 0 aromatic heterocycles. The number of nitrogens with zero attached hydrogens (tertiary/aromatic N) is 2. The van der Waals surface area contributed by atoms with E-state index in [1.54, 1.807) is 30.3 Å². The summed E-state index contributed by atoms with van der Waals surface area (Å²) in [6.45, 7) is -0.0690. The topological polar surface area (TPSA) is 163 Å². The van der Waals surface area contributed by atoms with E-state index >= 15 is 4.79 Å². The smallest absolute Gasteiger partial charge is 0.303 e. The molecule has 3 aromatic carbocycles. The third-order valence-corrected chi connectivity index (χ3v) is 11.2. The summed E-state index contributed by atoms with van der Waals surface area (Å²) in [6, 6.07) is 14.6. The summed E-state index contributed by atoms with van der Waals surface area (Å²) in [5.41, 5.74) is 2.57. The van der Waals surface area contributed by atoms with E-state index < -0.39 is 70.4 Å². The van der Waals surface area contributed by atoms with E-state index in [1.165, 1.54) is 44.6 Å². The Bertz CT molecular complexity index is 2020. The van der Waals surface area contributed by atoms with Gasteiger partial charge in [0.25, 0.3) is 11.8 Å². The molecule has 14 heteroatoms. The predicted molar refractivity (Wildman–Crippen MR) is 184 cm³/mol. The Balaban J connectivity index is 1.45. The van der Waals surface area contributed by atoms with Crippen molar-refractivity contribution < 1.29 is 48.0 Å². The molecule has 12 nitrogen and oxygen atoms in total. The molecule has 3 fully saturated rings. The van der Waals surface area contributed by atoms with Gasteiger partial charge in [-0.15, -0.1) is 0 Å². The van der Waals surface area contributed by atoms with E-state index in [4.69, 9.17) is 21.1 Å². The average Bonchev–Trinajstić information content (AvgIpc) is 3.49. The first-order chi connectivity index (χ1) is 24.9. The molecule has 2 saturated heterocycles. The van der Waals surface area contributed by atoms with E-state index in [2.05, 4.69) is 5.43 Å². The van der Waals surface area contributed by atoms with Crippen molar-refractivity contribution in [1.82, 2.24) is 9.91 Å². The van der Waals surface area contributed by atoms with Crippen molar-refractivity contribution in [3.05, 3.63) is 94.3 Å². The van der Waals surface area contributed by atoms with Gasteiger partial charge in [-0.1, -0.05) is 35.4 Å². The van der Waals surface area contributed by atoms with Crippen molar-refractivity contribution >= 4 is 46.9 Å². The highest BCUT2D eigenvalue weighted by atomic mass is 35.5. The molecule has 6 unspecified atom stereocenters. The number of nitrogens with one attached hydrogen (secondary N) is 1. The minimum Gasteiger partial charge on any atom is -0.507 e. The normalized spacial score (nSPS) is 26.5. The van der Waals surface area contributed by atoms with Gasteiger partial charge in [0.1, 0.15) is 23.1 Å². The minimum absolute atomic E-state index is 0.0144. The zero-order valence-corrected chi connectivity index (χ0v) is 28.9. The quantitative estimate of drug-likeness (QED) is 0.190. The number of carbonyl (C=O) groups excluding carboxylic acids is 4. The number of amides is 4. The Morgan fingerprint density at radius 2 is 1.69 bits per heavy atom. The third-order valence-electron chi connectivity index (χ3n) is 11.0. The van der Waals surface area contributed by atoms with Gasteiger partial charge >= 0.3 is 5.97 Å². The standard InChI is InChI=1S/C38H35ClFN3O9/c1-51-23-16-28(44)32(29(17-23)52-2)33-24-13-14-25-31(36(49)42(34(25)47)15-3-4-30(45)46)26(24)18-27-35(48)43(41-22-11-9-21(40)10-12-22)37(50)38(27,33)19-5-7-20(39)8-6-19/h5-13,16-17,25-27,31,33,41,44H,3-4,14-15,18H2,1-2H3,(H,45,46). The summed E-state index contributed by atoms with van der Waals surface area (Å²) in [5.74, 6) is -8.27. The molecule has 0 spiro atoms. The van der Waals surface area contributed by atoms with E-state index in [0.29, 0.717) is 16.2 Å². The fraction of sp³-hybridized carbons (Fsp3) is 0.342. The van der Waals surface area contributed by atoms with Gasteiger partial charge in [-0.05, 0) is 67.1 Å². The lowest BCUT2D eigenvalue weighted by atomic mass is 9.49. The summed E-state index contributed by atoms with van der Waals surface area (Å²) in [4.78, 5) is 70.2. The average molecular weight is 732 g/mol. The van der Waals surface area contributed by atoms with Crippen molar-refractivity contribution in [2.24, 2.45) is 23.7 Å². The molecule has 3 N–H and O–H groups in total. The number of anilines is 1. The highest BCUT2D eigenvalue weighted by molar-refractivity contribution is 6.30. The minimum atomic E-state index is -1.74. The number of rotatable bonds is 10. The lowest BCUT2D eigenvalue weighted by Crippen LogP contribution is -2.53. The SMILES string of the molecule is COc1cc(O)c(C2C3=CCC4C(=O)N(CCCC(=O)O)C(=O)C4C3CC3C(=O)N(Nc4ccc(F)cc4)C(=O)C32c2ccc(Cl)cc2)c(OC)c1. The van der Waals surface area contributed by atoms with Crippen molar-refractivity contribution in [3.63, 3.8) is 0 Å². The number of carbonyl (C=O) groups is 5. The van der Waals surface area contributed by atoms with Gasteiger partial charge in [0, 0.05) is 41.6 Å². The number of imide groups is 2. The zero-order chi connectivity index (χ0) is 37.1. The second kappa shape index (κ2) is 13.3. The Morgan fingerprint density at radius 1 is 0.981 bits per heavy atom. The number of aromatic hydroxyl groups is 1. The molecule has 0 bridgehead atoms. The van der Waals surface area contributed by atoms with Crippen LogP contribution in [0.5, 0.6) is 17.2 Å². The second-order valence-corrected chi connectivity index (χ2v) is 13.9. The highest BCUT2D eigenvalue weighted by Gasteiger charge is 2.71. The summed E-state index contributed by atoms with van der Waals surface area (Å²) < 4.78 is 25.1. The van der Waals surface area contributed by atoms with Crippen LogP contribution in [0.3, 0.4) is 0 Å². The number of likely N-dealkylation sites (tertiary alicyclic amines) is 1. The molecule has 7 rings (SSSR count). The summed E-state index contributed by atoms with van der Waals surface area (Å²) >= 11 is 6.34. The van der Waals surface area contributed by atoms with Crippen molar-refractivity contribution in [2.75, 3.05) is 26.2 Å². The largest absolute Gasteiger partial charge is 0.507 e. The molecule has 0 radical (unpaired) electrons. The number of phenolic OH excluding ortho intramolecular Hbond substituents is 1. The van der Waals surface area contributed by atoms with E-state index in [-0.39, 0.29) is 60.7 Å². The molecular formula is C38H35ClFN3O9. The molecular weight excluding hydrogens is 697 g/mol. The number of carboxylic acid groups (broad SMARTS) is 1. The van der Waals surface area contributed by atoms with E-state index in [0.717, 1.165) is 9.91 Å². The molecule has 2 aliphatic heterocycles. The Morgan fingerprint density at radius 3 is 2.35 bits per heavy atom. The first-order valence-corrected chi connectivity index (χ1v) is 17.2. The molecule has 52 heavy (non-hydrogen) atoms. The highest BCUT2D eigenvalue weighted by Crippen LogP contribution is 2.66. The van der Waals surface area contributed by atoms with Crippen LogP contribution in [0.1, 0.15) is 42.7 Å². The molecule has 4 aliphatic rings. The fourth-order valence-electron chi connectivity index (χ4n) is 8.81. The molecule has 2 aliphatic carbocycles. The Hall–Kier alpha value is -5.43. The van der Waals surface area contributed by atoms with Gasteiger partial charge in [-0.2, -0.15) is 5.01 Å². The van der Waals surface area contributed by atoms with Gasteiger partial charge in [0.2, 0.25) is 11.8 Å². The predicted octanol–water partition coefficient (Wildman–Crippen LogP) is 5.05. The maximum Gasteiger partial charge on any atom is 0.303 e. The van der Waals surface area contributed by atoms with Gasteiger partial charge < -0.3 is 19.7 Å². The van der Waals surface area contributed by atoms with Crippen LogP contribution >= 0.6 is 11.6 Å². The monoisotopic (exact) mass is 731 g/mol. The van der Waals surface area contributed by atoms with Crippen LogP contribution in [0.15, 0.2) is 72.3 Å². The number of phenols is 1. The molecule has 6 atom stereocenters. The molecule has 270 valence electrons. The van der Waals surface area contributed by atoms with Crippen LogP contribution in [-0.2, 0) is 29.4 Å². The third kappa shape index (κ3) is 5.37. The van der Waals surface area contributed by atoms with Crippen LogP contribution < -0.4 is 14.9 Å². The number of allylic oxidation sites excluding steroid dienone is 2. The number of halogens is 2. The molecule has 2 heterocycles. The van der Waals surface area contributed by atoms with Gasteiger partial charge in [-0.3, -0.25) is 34.3 Å². The number of hydrogen-bond acceptors (Lipinski definition) is 9. The van der Waals surface area contributed by atoms with Crippen LogP contribution in [0.2, 0.25) is 5.02 Å². The maximum absolute atomic E-state index is 15.3. The van der Waals surface area contributed by atoms with Crippen LogP contribution in [0.4, 0.5) is 10.1 Å². The summed E-state index contributed by atoms with van der Waals surface area (Å²) in [5, 5.41) is 22.3. The fourth-order valence-corrected chi connectivity index (χ4v) is 8.93. The number of ether oxygens (including phenoxy) is 2. The summed E-state index contributed by atoms with van der Waals surface area (Å²) in [7, 11) is 2.82. The lowest BCUT2D eigenvalue weighted by Gasteiger charge is -2.50. The van der Waals surface area contributed by atoms with Crippen LogP contribution in [0.25, 0.3) is 0 Å². The number of carboxylic acids is 1. The Kier molecular flexibility index (Phi) is 8.94. The maximum atomic E-state index is 15.3. The van der Waals surface area contributed by atoms with Crippen molar-refractivity contribution in [2.45, 2.75) is 37.0 Å². The Labute approximate surface area is 302 Å². The zero-order valence-electron chi connectivity index (χ0n) is 28.2. The first-order valence-electron chi connectivity index (χ1n) is 16.8. The first kappa shape index (κ1) is 35.0. The second-order valence-electron chi connectivity index (χ2n) is 13.5. The van der Waals surface area contributed by atoms with E-state index in [1.807, 2.05) is 6.08 Å². The van der Waals surface area contributed by atoms with E-state index in [9.17, 15) is 33.8 Å². The van der Waals surface area contributed by atoms with Gasteiger partial charge in [0.15, 0.2) is 0 Å². The number of aliphatic carboxylic acids is 1.